The molecule has 1 amide bonds. The average Bonchev–Trinajstić information content (AvgIpc) is 3.44. The third kappa shape index (κ3) is 3.50. The van der Waals surface area contributed by atoms with Crippen LogP contribution in [0.4, 0.5) is 5.82 Å². The van der Waals surface area contributed by atoms with E-state index >= 15 is 0 Å². The molecule has 28 heavy (non-hydrogen) atoms. The number of aromatic nitrogens is 4. The molecule has 1 aliphatic rings. The van der Waals surface area contributed by atoms with E-state index in [1.54, 1.807) is 11.8 Å². The number of para-hydroxylation sites is 1. The lowest BCUT2D eigenvalue weighted by Gasteiger charge is -2.13. The van der Waals surface area contributed by atoms with Gasteiger partial charge in [-0.15, -0.1) is 9.90 Å². The molecule has 10 heteroatoms. The Morgan fingerprint density at radius 3 is 2.57 bits per heavy atom. The van der Waals surface area contributed by atoms with E-state index in [1.807, 2.05) is 30.3 Å². The first-order valence-electron chi connectivity index (χ1n) is 8.94. The monoisotopic (exact) mass is 400 g/mol. The first-order valence-corrected chi connectivity index (χ1v) is 10.4. The van der Waals surface area contributed by atoms with E-state index in [4.69, 9.17) is 0 Å². The van der Waals surface area contributed by atoms with E-state index < -0.39 is 10.0 Å². The molecule has 1 aliphatic heterocycles. The van der Waals surface area contributed by atoms with E-state index in [0.29, 0.717) is 18.8 Å². The molecule has 1 saturated heterocycles. The summed E-state index contributed by atoms with van der Waals surface area (Å²) in [6, 6.07) is 10.5. The van der Waals surface area contributed by atoms with E-state index in [-0.39, 0.29) is 22.3 Å². The third-order valence-corrected chi connectivity index (χ3v) is 5.91. The summed E-state index contributed by atoms with van der Waals surface area (Å²) < 4.78 is 27.9. The maximum Gasteiger partial charge on any atom is 0.270 e. The minimum absolute atomic E-state index is 0.0243. The number of aromatic amines is 1. The van der Waals surface area contributed by atoms with Crippen molar-refractivity contribution >= 4 is 21.7 Å². The number of anilines is 1. The van der Waals surface area contributed by atoms with Crippen LogP contribution in [0.3, 0.4) is 0 Å². The first-order chi connectivity index (χ1) is 13.4. The maximum atomic E-state index is 12.7. The lowest BCUT2D eigenvalue weighted by Crippen LogP contribution is -2.27. The van der Waals surface area contributed by atoms with Crippen molar-refractivity contribution in [3.63, 3.8) is 0 Å². The Morgan fingerprint density at radius 1 is 1.14 bits per heavy atom. The van der Waals surface area contributed by atoms with Crippen LogP contribution in [0, 0.1) is 6.92 Å². The summed E-state index contributed by atoms with van der Waals surface area (Å²) in [6.07, 6.45) is 3.24. The lowest BCUT2D eigenvalue weighted by molar-refractivity contribution is 0.0787. The normalized spacial score (nSPS) is 14.4. The van der Waals surface area contributed by atoms with Crippen LogP contribution in [0.15, 0.2) is 47.5 Å². The molecule has 0 bridgehead atoms. The van der Waals surface area contributed by atoms with Crippen LogP contribution in [0.2, 0.25) is 0 Å². The zero-order valence-electron chi connectivity index (χ0n) is 15.3. The highest BCUT2D eigenvalue weighted by molar-refractivity contribution is 7.92. The van der Waals surface area contributed by atoms with E-state index in [0.717, 1.165) is 18.5 Å². The van der Waals surface area contributed by atoms with Gasteiger partial charge in [0.25, 0.3) is 15.9 Å². The van der Waals surface area contributed by atoms with Crippen LogP contribution >= 0.6 is 0 Å². The van der Waals surface area contributed by atoms with Crippen molar-refractivity contribution in [3.8, 4) is 5.69 Å². The zero-order valence-corrected chi connectivity index (χ0v) is 16.1. The number of nitrogens with zero attached hydrogens (tertiary/aromatic N) is 4. The molecule has 0 unspecified atom stereocenters. The van der Waals surface area contributed by atoms with Gasteiger partial charge in [0, 0.05) is 19.3 Å². The smallest absolute Gasteiger partial charge is 0.270 e. The predicted octanol–water partition coefficient (Wildman–Crippen LogP) is 1.94. The van der Waals surface area contributed by atoms with Gasteiger partial charge in [0.15, 0.2) is 5.82 Å². The molecule has 1 fully saturated rings. The van der Waals surface area contributed by atoms with Crippen molar-refractivity contribution in [3.05, 3.63) is 54.0 Å². The largest absolute Gasteiger partial charge is 0.356 e. The van der Waals surface area contributed by atoms with Crippen LogP contribution in [0.1, 0.15) is 29.0 Å². The zero-order chi connectivity index (χ0) is 19.7. The number of amides is 1. The predicted molar refractivity (Wildman–Crippen MR) is 103 cm³/mol. The van der Waals surface area contributed by atoms with Gasteiger partial charge < -0.3 is 9.88 Å². The second-order valence-electron chi connectivity index (χ2n) is 6.61. The number of benzene rings is 1. The maximum absolute atomic E-state index is 12.7. The Hall–Kier alpha value is -3.14. The van der Waals surface area contributed by atoms with Gasteiger partial charge in [-0.2, -0.15) is 5.10 Å². The van der Waals surface area contributed by atoms with Crippen molar-refractivity contribution in [1.82, 2.24) is 24.9 Å². The summed E-state index contributed by atoms with van der Waals surface area (Å²) in [4.78, 5) is 18.2. The number of rotatable bonds is 5. The first kappa shape index (κ1) is 18.2. The Morgan fingerprint density at radius 2 is 1.86 bits per heavy atom. The van der Waals surface area contributed by atoms with Gasteiger partial charge >= 0.3 is 0 Å². The van der Waals surface area contributed by atoms with Crippen LogP contribution in [-0.2, 0) is 10.0 Å². The van der Waals surface area contributed by atoms with E-state index in [1.165, 1.54) is 17.1 Å². The number of H-pyrrole nitrogens is 1. The average molecular weight is 400 g/mol. The molecule has 0 saturated carbocycles. The third-order valence-electron chi connectivity index (χ3n) is 4.59. The van der Waals surface area contributed by atoms with Gasteiger partial charge in [0.2, 0.25) is 0 Å². The molecule has 146 valence electrons. The minimum atomic E-state index is -3.91. The fourth-order valence-corrected chi connectivity index (χ4v) is 4.13. The van der Waals surface area contributed by atoms with Crippen LogP contribution in [0.25, 0.3) is 5.69 Å². The summed E-state index contributed by atoms with van der Waals surface area (Å²) in [7, 11) is -3.91. The molecule has 0 aliphatic carbocycles. The van der Waals surface area contributed by atoms with Gasteiger partial charge in [-0.25, -0.2) is 8.42 Å². The fourth-order valence-electron chi connectivity index (χ4n) is 3.08. The number of nitrogens with one attached hydrogen (secondary N) is 2. The molecule has 0 atom stereocenters. The Kier molecular flexibility index (Phi) is 4.63. The molecule has 4 rings (SSSR count). The standard InChI is InChI=1S/C18H20N6O3S/c1-13-17(21-24(20-13)14-7-3-2-4-8-14)22-28(26,27)15-11-16(19-12-15)18(25)23-9-5-6-10-23/h2-4,7-8,11-12,19H,5-6,9-10H2,1H3,(H,21,22). The Labute approximate surface area is 162 Å². The topological polar surface area (TPSA) is 113 Å². The summed E-state index contributed by atoms with van der Waals surface area (Å²) in [5.74, 6) is -0.0531. The second kappa shape index (κ2) is 7.12. The molecule has 3 aromatic rings. The van der Waals surface area contributed by atoms with Gasteiger partial charge in [0.1, 0.15) is 16.3 Å². The highest BCUT2D eigenvalue weighted by Gasteiger charge is 2.25. The van der Waals surface area contributed by atoms with Crippen molar-refractivity contribution in [1.29, 1.82) is 0 Å². The molecule has 2 aromatic heterocycles. The highest BCUT2D eigenvalue weighted by atomic mass is 32.2. The van der Waals surface area contributed by atoms with Crippen molar-refractivity contribution in [2.24, 2.45) is 0 Å². The lowest BCUT2D eigenvalue weighted by atomic mass is 10.3. The second-order valence-corrected chi connectivity index (χ2v) is 8.30. The summed E-state index contributed by atoms with van der Waals surface area (Å²) in [6.45, 7) is 3.06. The molecule has 0 radical (unpaired) electrons. The number of hydrogen-bond acceptors (Lipinski definition) is 5. The fraction of sp³-hybridized carbons (Fsp3) is 0.278. The summed E-state index contributed by atoms with van der Waals surface area (Å²) >= 11 is 0. The van der Waals surface area contributed by atoms with Crippen LogP contribution in [0.5, 0.6) is 0 Å². The number of aryl methyl sites for hydroxylation is 1. The molecular formula is C18H20N6O3S. The van der Waals surface area contributed by atoms with Gasteiger partial charge in [-0.05, 0) is 38.0 Å². The summed E-state index contributed by atoms with van der Waals surface area (Å²) in [5, 5.41) is 8.48. The van der Waals surface area contributed by atoms with E-state index in [9.17, 15) is 13.2 Å². The van der Waals surface area contributed by atoms with Crippen molar-refractivity contribution in [2.75, 3.05) is 17.8 Å². The van der Waals surface area contributed by atoms with Crippen molar-refractivity contribution < 1.29 is 13.2 Å². The molecule has 3 heterocycles. The Bertz CT molecular complexity index is 1100. The number of hydrogen-bond donors (Lipinski definition) is 2. The number of carbonyl (C=O) groups excluding carboxylic acids is 1. The molecule has 1 aromatic carbocycles. The molecule has 2 N–H and O–H groups in total. The molecule has 0 spiro atoms. The number of carbonyl (C=O) groups is 1. The molecule has 9 nitrogen and oxygen atoms in total. The van der Waals surface area contributed by atoms with Crippen LogP contribution in [-0.4, -0.2) is 52.3 Å². The van der Waals surface area contributed by atoms with Gasteiger partial charge in [0.05, 0.1) is 5.69 Å². The quantitative estimate of drug-likeness (QED) is 0.680. The minimum Gasteiger partial charge on any atom is -0.356 e. The Balaban J connectivity index is 1.55. The SMILES string of the molecule is Cc1nn(-c2ccccc2)nc1NS(=O)(=O)c1c[nH]c(C(=O)N2CCCC2)c1. The number of sulfonamides is 1. The van der Waals surface area contributed by atoms with E-state index in [2.05, 4.69) is 19.9 Å². The highest BCUT2D eigenvalue weighted by Crippen LogP contribution is 2.20. The van der Waals surface area contributed by atoms with Gasteiger partial charge in [-0.1, -0.05) is 18.2 Å². The van der Waals surface area contributed by atoms with Crippen molar-refractivity contribution in [2.45, 2.75) is 24.7 Å². The summed E-state index contributed by atoms with van der Waals surface area (Å²) in [5.41, 5.74) is 1.42. The molecular weight excluding hydrogens is 380 g/mol. The number of likely N-dealkylation sites (tertiary alicyclic amines) is 1. The van der Waals surface area contributed by atoms with Gasteiger partial charge in [-0.3, -0.25) is 9.52 Å². The van der Waals surface area contributed by atoms with Crippen LogP contribution < -0.4 is 4.72 Å².